The van der Waals surface area contributed by atoms with Gasteiger partial charge in [-0.3, -0.25) is 9.59 Å². The number of nitrogens with one attached hydrogen (secondary N) is 1. The molecule has 2 aliphatic rings. The van der Waals surface area contributed by atoms with E-state index in [9.17, 15) is 9.59 Å². The van der Waals surface area contributed by atoms with E-state index in [2.05, 4.69) is 5.32 Å². The molecule has 0 radical (unpaired) electrons. The minimum Gasteiger partial charge on any atom is -0.459 e. The maximum Gasteiger partial charge on any atom is 0.287 e. The summed E-state index contributed by atoms with van der Waals surface area (Å²) < 4.78 is 15.6. The van der Waals surface area contributed by atoms with Crippen molar-refractivity contribution in [1.29, 1.82) is 0 Å². The molecule has 1 aromatic heterocycles. The van der Waals surface area contributed by atoms with Gasteiger partial charge < -0.3 is 19.2 Å². The van der Waals surface area contributed by atoms with Gasteiger partial charge in [0.05, 0.1) is 12.3 Å². The van der Waals surface area contributed by atoms with Gasteiger partial charge in [0.2, 0.25) is 6.79 Å². The van der Waals surface area contributed by atoms with Crippen molar-refractivity contribution in [3.63, 3.8) is 0 Å². The van der Waals surface area contributed by atoms with E-state index < -0.39 is 0 Å². The molecule has 2 aromatic rings. The Morgan fingerprint density at radius 2 is 2.05 bits per heavy atom. The Kier molecular flexibility index (Phi) is 2.50. The normalized spacial score (nSPS) is 18.7. The van der Waals surface area contributed by atoms with Gasteiger partial charge in [-0.25, -0.2) is 0 Å². The molecule has 1 aromatic carbocycles. The lowest BCUT2D eigenvalue weighted by Gasteiger charge is -2.12. The first-order valence-corrected chi connectivity index (χ1v) is 6.53. The Bertz CT molecular complexity index is 735. The van der Waals surface area contributed by atoms with Crippen LogP contribution in [0.25, 0.3) is 0 Å². The van der Waals surface area contributed by atoms with Crippen LogP contribution in [0, 0.1) is 0 Å². The van der Waals surface area contributed by atoms with Gasteiger partial charge in [-0.15, -0.1) is 0 Å². The van der Waals surface area contributed by atoms with Crippen LogP contribution in [-0.2, 0) is 0 Å². The van der Waals surface area contributed by atoms with E-state index in [1.165, 1.54) is 6.26 Å². The molecule has 4 rings (SSSR count). The summed E-state index contributed by atoms with van der Waals surface area (Å²) in [7, 11) is 0. The van der Waals surface area contributed by atoms with Crippen molar-refractivity contribution in [2.75, 3.05) is 6.79 Å². The van der Waals surface area contributed by atoms with E-state index in [4.69, 9.17) is 13.9 Å². The predicted molar refractivity (Wildman–Crippen MR) is 70.4 cm³/mol. The number of ether oxygens (including phenoxy) is 2. The topological polar surface area (TPSA) is 77.8 Å². The fraction of sp³-hybridized carbons (Fsp3) is 0.200. The molecule has 1 atom stereocenters. The molecule has 0 saturated carbocycles. The third kappa shape index (κ3) is 1.87. The highest BCUT2D eigenvalue weighted by Gasteiger charge is 2.33. The van der Waals surface area contributed by atoms with Crippen molar-refractivity contribution < 1.29 is 23.5 Å². The number of fused-ring (bicyclic) bond motifs is 2. The third-order valence-corrected chi connectivity index (χ3v) is 3.66. The summed E-state index contributed by atoms with van der Waals surface area (Å²) in [5, 5.41) is 2.81. The Hall–Kier alpha value is -2.76. The summed E-state index contributed by atoms with van der Waals surface area (Å²) in [4.78, 5) is 24.1. The van der Waals surface area contributed by atoms with Crippen molar-refractivity contribution in [3.8, 4) is 11.5 Å². The highest BCUT2D eigenvalue weighted by Crippen LogP contribution is 2.41. The molecule has 6 nitrogen and oxygen atoms in total. The zero-order valence-electron chi connectivity index (χ0n) is 10.9. The fourth-order valence-electron chi connectivity index (χ4n) is 2.66. The number of amides is 1. The summed E-state index contributed by atoms with van der Waals surface area (Å²) in [5.41, 5.74) is 1.33. The van der Waals surface area contributed by atoms with Gasteiger partial charge in [-0.05, 0) is 29.8 Å². The number of hydrogen-bond donors (Lipinski definition) is 1. The molecule has 1 aliphatic carbocycles. The van der Waals surface area contributed by atoms with Crippen LogP contribution in [0.2, 0.25) is 0 Å². The Morgan fingerprint density at radius 1 is 1.24 bits per heavy atom. The summed E-state index contributed by atoms with van der Waals surface area (Å²) >= 11 is 0. The SMILES string of the molecule is O=C(N[C@H]1CC(=O)c2cc3c(cc21)OCO3)c1ccco1. The van der Waals surface area contributed by atoms with Gasteiger partial charge in [-0.1, -0.05) is 0 Å². The number of furan rings is 1. The minimum atomic E-state index is -0.375. The Balaban J connectivity index is 1.65. The molecule has 1 aliphatic heterocycles. The maximum absolute atomic E-state index is 12.1. The lowest BCUT2D eigenvalue weighted by molar-refractivity contribution is 0.0900. The van der Waals surface area contributed by atoms with E-state index in [0.717, 1.165) is 5.56 Å². The second-order valence-corrected chi connectivity index (χ2v) is 4.92. The quantitative estimate of drug-likeness (QED) is 0.913. The highest BCUT2D eigenvalue weighted by molar-refractivity contribution is 6.03. The number of benzene rings is 1. The van der Waals surface area contributed by atoms with Gasteiger partial charge in [0, 0.05) is 12.0 Å². The van der Waals surface area contributed by atoms with Gasteiger partial charge >= 0.3 is 0 Å². The van der Waals surface area contributed by atoms with Gasteiger partial charge in [0.1, 0.15) is 0 Å². The maximum atomic E-state index is 12.1. The zero-order valence-corrected chi connectivity index (χ0v) is 10.9. The number of Topliss-reactive ketones (excluding diaryl/α,β-unsaturated/α-hetero) is 1. The Labute approximate surface area is 119 Å². The van der Waals surface area contributed by atoms with E-state index in [0.29, 0.717) is 17.1 Å². The van der Waals surface area contributed by atoms with Crippen LogP contribution >= 0.6 is 0 Å². The van der Waals surface area contributed by atoms with Crippen LogP contribution < -0.4 is 14.8 Å². The fourth-order valence-corrected chi connectivity index (χ4v) is 2.66. The van der Waals surface area contributed by atoms with Crippen LogP contribution in [0.1, 0.15) is 38.9 Å². The highest BCUT2D eigenvalue weighted by atomic mass is 16.7. The number of carbonyl (C=O) groups excluding carboxylic acids is 2. The largest absolute Gasteiger partial charge is 0.459 e. The lowest BCUT2D eigenvalue weighted by Crippen LogP contribution is -2.27. The zero-order chi connectivity index (χ0) is 14.4. The third-order valence-electron chi connectivity index (χ3n) is 3.66. The van der Waals surface area contributed by atoms with Gasteiger partial charge in [0.25, 0.3) is 5.91 Å². The number of rotatable bonds is 2. The summed E-state index contributed by atoms with van der Waals surface area (Å²) in [6.45, 7) is 0.149. The van der Waals surface area contributed by atoms with Crippen molar-refractivity contribution in [1.82, 2.24) is 5.32 Å². The van der Waals surface area contributed by atoms with Crippen molar-refractivity contribution in [2.24, 2.45) is 0 Å². The smallest absolute Gasteiger partial charge is 0.287 e. The molecular formula is C15H11NO5. The van der Waals surface area contributed by atoms with Gasteiger partial charge in [0.15, 0.2) is 23.0 Å². The second kappa shape index (κ2) is 4.37. The van der Waals surface area contributed by atoms with E-state index >= 15 is 0 Å². The first-order chi connectivity index (χ1) is 10.2. The minimum absolute atomic E-state index is 0.0203. The average Bonchev–Trinajstić information content (AvgIpc) is 3.19. The summed E-state index contributed by atoms with van der Waals surface area (Å²) in [5.74, 6) is 1.02. The molecule has 0 saturated heterocycles. The molecule has 1 amide bonds. The van der Waals surface area contributed by atoms with Crippen molar-refractivity contribution in [2.45, 2.75) is 12.5 Å². The number of ketones is 1. The van der Waals surface area contributed by atoms with Crippen molar-refractivity contribution in [3.05, 3.63) is 47.4 Å². The second-order valence-electron chi connectivity index (χ2n) is 4.92. The number of hydrogen-bond acceptors (Lipinski definition) is 5. The van der Waals surface area contributed by atoms with E-state index in [-0.39, 0.29) is 36.7 Å². The first-order valence-electron chi connectivity index (χ1n) is 6.53. The molecule has 0 unspecified atom stereocenters. The van der Waals surface area contributed by atoms with Crippen LogP contribution in [0.3, 0.4) is 0 Å². The van der Waals surface area contributed by atoms with Gasteiger partial charge in [-0.2, -0.15) is 0 Å². The monoisotopic (exact) mass is 285 g/mol. The molecule has 21 heavy (non-hydrogen) atoms. The lowest BCUT2D eigenvalue weighted by atomic mass is 10.1. The standard InChI is InChI=1S/C15H11NO5/c17-11-6-10(16-15(18)12-2-1-3-19-12)8-4-13-14(5-9(8)11)21-7-20-13/h1-5,10H,6-7H2,(H,16,18)/t10-/m0/s1. The van der Waals surface area contributed by atoms with Crippen LogP contribution in [0.4, 0.5) is 0 Å². The predicted octanol–water partition coefficient (Wildman–Crippen LogP) is 2.07. The van der Waals surface area contributed by atoms with Crippen molar-refractivity contribution >= 4 is 11.7 Å². The average molecular weight is 285 g/mol. The van der Waals surface area contributed by atoms with Crippen LogP contribution in [0.5, 0.6) is 11.5 Å². The van der Waals surface area contributed by atoms with E-state index in [1.807, 2.05) is 0 Å². The van der Waals surface area contributed by atoms with E-state index in [1.54, 1.807) is 24.3 Å². The molecule has 0 fully saturated rings. The molecule has 6 heteroatoms. The molecule has 2 heterocycles. The number of carbonyl (C=O) groups is 2. The molecule has 1 N–H and O–H groups in total. The first kappa shape index (κ1) is 12.0. The molecular weight excluding hydrogens is 274 g/mol. The van der Waals surface area contributed by atoms with Crippen LogP contribution in [0.15, 0.2) is 34.9 Å². The molecule has 0 bridgehead atoms. The molecule has 0 spiro atoms. The Morgan fingerprint density at radius 3 is 2.81 bits per heavy atom. The molecule has 106 valence electrons. The van der Waals surface area contributed by atoms with Crippen LogP contribution in [-0.4, -0.2) is 18.5 Å². The summed E-state index contributed by atoms with van der Waals surface area (Å²) in [6.07, 6.45) is 1.66. The summed E-state index contributed by atoms with van der Waals surface area (Å²) in [6, 6.07) is 6.28.